The fourth-order valence-electron chi connectivity index (χ4n) is 2.78. The van der Waals surface area contributed by atoms with Crippen LogP contribution in [0.2, 0.25) is 0 Å². The summed E-state index contributed by atoms with van der Waals surface area (Å²) in [6.45, 7) is -1.39. The Kier molecular flexibility index (Phi) is 5.78. The molecule has 1 amide bonds. The average Bonchev–Trinajstić information content (AvgIpc) is 2.67. The molecule has 2 N–H and O–H groups in total. The Morgan fingerprint density at radius 2 is 1.55 bits per heavy atom. The van der Waals surface area contributed by atoms with Gasteiger partial charge in [0.1, 0.15) is 6.54 Å². The second-order valence-corrected chi connectivity index (χ2v) is 8.00. The molecule has 0 atom stereocenters. The maximum absolute atomic E-state index is 12.8. The van der Waals surface area contributed by atoms with Gasteiger partial charge in [0, 0.05) is 11.1 Å². The molecule has 0 bridgehead atoms. The number of hydrogen-bond acceptors (Lipinski definition) is 3. The zero-order valence-electron chi connectivity index (χ0n) is 15.0. The van der Waals surface area contributed by atoms with Crippen LogP contribution >= 0.6 is 0 Å². The van der Waals surface area contributed by atoms with Crippen molar-refractivity contribution >= 4 is 32.4 Å². The van der Waals surface area contributed by atoms with E-state index in [1.807, 2.05) is 18.2 Å². The number of fused-ring (bicyclic) bond motifs is 1. The Morgan fingerprint density at radius 1 is 0.897 bits per heavy atom. The first-order valence-electron chi connectivity index (χ1n) is 8.57. The number of carbonyl (C=O) groups excluding carboxylic acids is 1. The molecule has 0 fully saturated rings. The summed E-state index contributed by atoms with van der Waals surface area (Å²) in [5, 5.41) is 3.16. The Labute approximate surface area is 165 Å². The first-order chi connectivity index (χ1) is 13.6. The zero-order valence-corrected chi connectivity index (χ0v) is 15.8. The van der Waals surface area contributed by atoms with Gasteiger partial charge in [0.2, 0.25) is 5.91 Å². The van der Waals surface area contributed by atoms with E-state index >= 15 is 0 Å². The predicted octanol–water partition coefficient (Wildman–Crippen LogP) is 3.86. The number of nitrogens with one attached hydrogen (secondary N) is 2. The fraction of sp³-hybridized carbons (Fsp3) is 0.150. The maximum atomic E-state index is 12.8. The number of rotatable bonds is 6. The molecule has 0 saturated heterocycles. The Bertz CT molecular complexity index is 1120. The van der Waals surface area contributed by atoms with Crippen LogP contribution in [0.4, 0.5) is 18.9 Å². The minimum absolute atomic E-state index is 0.131. The lowest BCUT2D eigenvalue weighted by Crippen LogP contribution is -2.34. The van der Waals surface area contributed by atoms with Gasteiger partial charge < -0.3 is 5.32 Å². The van der Waals surface area contributed by atoms with Crippen LogP contribution in [0.3, 0.4) is 0 Å². The van der Waals surface area contributed by atoms with E-state index in [1.54, 1.807) is 23.5 Å². The molecule has 0 aliphatic carbocycles. The molecule has 0 aliphatic rings. The molecule has 0 heterocycles. The zero-order chi connectivity index (χ0) is 21.1. The van der Waals surface area contributed by atoms with E-state index < -0.39 is 28.7 Å². The number of sulfonamides is 1. The molecule has 5 nitrogen and oxygen atoms in total. The van der Waals surface area contributed by atoms with Crippen LogP contribution in [0, 0.1) is 0 Å². The van der Waals surface area contributed by atoms with Crippen LogP contribution in [-0.4, -0.2) is 27.0 Å². The molecule has 3 aromatic rings. The number of hydrogen-bond donors (Lipinski definition) is 2. The largest absolute Gasteiger partial charge is 0.405 e. The summed E-state index contributed by atoms with van der Waals surface area (Å²) in [7, 11) is -3.86. The standard InChI is InChI=1S/C20H17F3N2O3S/c21-20(22,23)13-24-19(26)12-14-8-10-16(11-9-14)25-29(27,28)18-7-3-5-15-4-1-2-6-17(15)18/h1-11,25H,12-13H2,(H,24,26). The predicted molar refractivity (Wildman–Crippen MR) is 104 cm³/mol. The number of carbonyl (C=O) groups is 1. The second-order valence-electron chi connectivity index (χ2n) is 6.35. The highest BCUT2D eigenvalue weighted by atomic mass is 32.2. The highest BCUT2D eigenvalue weighted by Crippen LogP contribution is 2.25. The molecule has 152 valence electrons. The average molecular weight is 422 g/mol. The van der Waals surface area contributed by atoms with Crippen molar-refractivity contribution in [3.8, 4) is 0 Å². The molecule has 3 aromatic carbocycles. The van der Waals surface area contributed by atoms with Crippen LogP contribution in [-0.2, 0) is 21.2 Å². The van der Waals surface area contributed by atoms with Gasteiger partial charge in [-0.3, -0.25) is 9.52 Å². The third kappa shape index (κ3) is 5.47. The summed E-state index contributed by atoms with van der Waals surface area (Å²) in [6, 6.07) is 17.9. The van der Waals surface area contributed by atoms with E-state index in [2.05, 4.69) is 4.72 Å². The molecular weight excluding hydrogens is 405 g/mol. The number of amides is 1. The Hall–Kier alpha value is -3.07. The van der Waals surface area contributed by atoms with Crippen molar-refractivity contribution in [3.63, 3.8) is 0 Å². The molecule has 0 unspecified atom stereocenters. The molecule has 0 aromatic heterocycles. The maximum Gasteiger partial charge on any atom is 0.405 e. The summed E-state index contributed by atoms with van der Waals surface area (Å²) >= 11 is 0. The van der Waals surface area contributed by atoms with Gasteiger partial charge in [0.25, 0.3) is 10.0 Å². The molecule has 0 spiro atoms. The third-order valence-corrected chi connectivity index (χ3v) is 5.54. The van der Waals surface area contributed by atoms with Crippen molar-refractivity contribution in [2.75, 3.05) is 11.3 Å². The van der Waals surface area contributed by atoms with Gasteiger partial charge in [-0.15, -0.1) is 0 Å². The Balaban J connectivity index is 1.71. The summed E-state index contributed by atoms with van der Waals surface area (Å²) < 4.78 is 64.4. The first kappa shape index (κ1) is 20.7. The molecule has 0 saturated carbocycles. The molecular formula is C20H17F3N2O3S. The van der Waals surface area contributed by atoms with Crippen molar-refractivity contribution in [3.05, 3.63) is 72.3 Å². The van der Waals surface area contributed by atoms with Crippen molar-refractivity contribution < 1.29 is 26.4 Å². The smallest absolute Gasteiger partial charge is 0.347 e. The van der Waals surface area contributed by atoms with Gasteiger partial charge >= 0.3 is 6.18 Å². The topological polar surface area (TPSA) is 75.3 Å². The van der Waals surface area contributed by atoms with Gasteiger partial charge in [0.15, 0.2) is 0 Å². The summed E-state index contributed by atoms with van der Waals surface area (Å²) in [5.41, 5.74) is 0.732. The lowest BCUT2D eigenvalue weighted by molar-refractivity contribution is -0.138. The van der Waals surface area contributed by atoms with E-state index in [1.165, 1.54) is 30.3 Å². The molecule has 0 aliphatic heterocycles. The lowest BCUT2D eigenvalue weighted by atomic mass is 10.1. The minimum Gasteiger partial charge on any atom is -0.347 e. The molecule has 29 heavy (non-hydrogen) atoms. The lowest BCUT2D eigenvalue weighted by Gasteiger charge is -2.11. The van der Waals surface area contributed by atoms with Crippen LogP contribution < -0.4 is 10.0 Å². The van der Waals surface area contributed by atoms with Gasteiger partial charge in [0.05, 0.1) is 11.3 Å². The number of anilines is 1. The molecule has 3 rings (SSSR count). The van der Waals surface area contributed by atoms with Crippen molar-refractivity contribution in [1.29, 1.82) is 0 Å². The summed E-state index contributed by atoms with van der Waals surface area (Å²) in [5.74, 6) is -0.772. The highest BCUT2D eigenvalue weighted by Gasteiger charge is 2.27. The fourth-order valence-corrected chi connectivity index (χ4v) is 4.07. The third-order valence-electron chi connectivity index (χ3n) is 4.10. The van der Waals surface area contributed by atoms with Crippen LogP contribution in [0.5, 0.6) is 0 Å². The highest BCUT2D eigenvalue weighted by molar-refractivity contribution is 7.93. The van der Waals surface area contributed by atoms with Gasteiger partial charge in [-0.05, 0) is 29.1 Å². The SMILES string of the molecule is O=C(Cc1ccc(NS(=O)(=O)c2cccc3ccccc23)cc1)NCC(F)(F)F. The van der Waals surface area contributed by atoms with Crippen LogP contribution in [0.25, 0.3) is 10.8 Å². The summed E-state index contributed by atoms with van der Waals surface area (Å²) in [6.07, 6.45) is -4.72. The second kappa shape index (κ2) is 8.12. The van der Waals surface area contributed by atoms with Crippen molar-refractivity contribution in [2.45, 2.75) is 17.5 Å². The van der Waals surface area contributed by atoms with E-state index in [4.69, 9.17) is 0 Å². The van der Waals surface area contributed by atoms with Crippen molar-refractivity contribution in [1.82, 2.24) is 5.32 Å². The normalized spacial score (nSPS) is 12.0. The number of benzene rings is 3. The van der Waals surface area contributed by atoms with Gasteiger partial charge in [-0.1, -0.05) is 48.5 Å². The van der Waals surface area contributed by atoms with Crippen LogP contribution in [0.1, 0.15) is 5.56 Å². The van der Waals surface area contributed by atoms with E-state index in [-0.39, 0.29) is 17.0 Å². The first-order valence-corrected chi connectivity index (χ1v) is 10.1. The summed E-state index contributed by atoms with van der Waals surface area (Å²) in [4.78, 5) is 11.7. The molecule has 9 heteroatoms. The Morgan fingerprint density at radius 3 is 2.24 bits per heavy atom. The number of halogens is 3. The van der Waals surface area contributed by atoms with Crippen LogP contribution in [0.15, 0.2) is 71.6 Å². The molecule has 0 radical (unpaired) electrons. The van der Waals surface area contributed by atoms with E-state index in [9.17, 15) is 26.4 Å². The monoisotopic (exact) mass is 422 g/mol. The van der Waals surface area contributed by atoms with Gasteiger partial charge in [-0.25, -0.2) is 8.42 Å². The quantitative estimate of drug-likeness (QED) is 0.634. The van der Waals surface area contributed by atoms with E-state index in [0.29, 0.717) is 10.9 Å². The van der Waals surface area contributed by atoms with Crippen molar-refractivity contribution in [2.24, 2.45) is 0 Å². The van der Waals surface area contributed by atoms with Gasteiger partial charge in [-0.2, -0.15) is 13.2 Å². The minimum atomic E-state index is -4.47. The number of alkyl halides is 3. The van der Waals surface area contributed by atoms with E-state index in [0.717, 1.165) is 5.39 Å².